The third-order valence-corrected chi connectivity index (χ3v) is 7.14. The van der Waals surface area contributed by atoms with Gasteiger partial charge in [0.15, 0.2) is 5.17 Å². The van der Waals surface area contributed by atoms with Gasteiger partial charge in [-0.2, -0.15) is 0 Å². The molecule has 0 atom stereocenters. The largest absolute Gasteiger partial charge is 0.487 e. The number of amides is 1. The third kappa shape index (κ3) is 5.93. The van der Waals surface area contributed by atoms with Crippen molar-refractivity contribution < 1.29 is 9.53 Å². The van der Waals surface area contributed by atoms with Crippen LogP contribution in [0.4, 0.5) is 5.69 Å². The maximum absolute atomic E-state index is 12.5. The van der Waals surface area contributed by atoms with Crippen LogP contribution in [0.15, 0.2) is 70.6 Å². The number of nitrogens with one attached hydrogen (secondary N) is 1. The van der Waals surface area contributed by atoms with Gasteiger partial charge in [0.1, 0.15) is 12.4 Å². The molecule has 4 nitrogen and oxygen atoms in total. The number of halogens is 2. The Balaban J connectivity index is 1.52. The Morgan fingerprint density at radius 3 is 2.31 bits per heavy atom. The number of rotatable bonds is 5. The second kappa shape index (κ2) is 10.4. The van der Waals surface area contributed by atoms with Gasteiger partial charge in [0.25, 0.3) is 5.91 Å². The lowest BCUT2D eigenvalue weighted by Crippen LogP contribution is -2.19. The third-order valence-electron chi connectivity index (χ3n) is 4.63. The van der Waals surface area contributed by atoms with Crippen LogP contribution in [0.1, 0.15) is 22.3 Å². The van der Waals surface area contributed by atoms with Crippen LogP contribution < -0.4 is 10.1 Å². The molecular weight excluding hydrogens is 646 g/mol. The summed E-state index contributed by atoms with van der Waals surface area (Å²) >= 11 is 5.92. The minimum atomic E-state index is -0.132. The Labute approximate surface area is 219 Å². The summed E-state index contributed by atoms with van der Waals surface area (Å²) in [6.45, 7) is 4.60. The van der Waals surface area contributed by atoms with Gasteiger partial charge in [-0.3, -0.25) is 4.79 Å². The fraction of sp³-hybridized carbons (Fsp3) is 0.120. The van der Waals surface area contributed by atoms with Crippen LogP contribution in [0, 0.1) is 21.0 Å². The molecule has 0 unspecified atom stereocenters. The predicted octanol–water partition coefficient (Wildman–Crippen LogP) is 6.98. The summed E-state index contributed by atoms with van der Waals surface area (Å²) in [5.74, 6) is 0.727. The minimum Gasteiger partial charge on any atom is -0.487 e. The number of carbonyl (C=O) groups excluding carboxylic acids is 1. The molecule has 0 saturated carbocycles. The zero-order valence-electron chi connectivity index (χ0n) is 17.5. The summed E-state index contributed by atoms with van der Waals surface area (Å²) in [6.07, 6.45) is 1.90. The Bertz CT molecular complexity index is 1200. The van der Waals surface area contributed by atoms with Gasteiger partial charge in [0.05, 0.1) is 17.7 Å². The molecule has 0 radical (unpaired) electrons. The van der Waals surface area contributed by atoms with Crippen molar-refractivity contribution in [3.05, 3.63) is 95.0 Å². The van der Waals surface area contributed by atoms with E-state index in [-0.39, 0.29) is 5.91 Å². The van der Waals surface area contributed by atoms with Gasteiger partial charge >= 0.3 is 0 Å². The molecule has 3 aromatic rings. The lowest BCUT2D eigenvalue weighted by molar-refractivity contribution is -0.115. The van der Waals surface area contributed by atoms with E-state index in [4.69, 9.17) is 4.74 Å². The number of aryl methyl sites for hydroxylation is 2. The molecule has 1 amide bonds. The van der Waals surface area contributed by atoms with Crippen LogP contribution in [0.5, 0.6) is 5.75 Å². The Morgan fingerprint density at radius 2 is 1.66 bits per heavy atom. The quantitative estimate of drug-likeness (QED) is 0.236. The minimum absolute atomic E-state index is 0.132. The van der Waals surface area contributed by atoms with Gasteiger partial charge in [0.2, 0.25) is 0 Å². The molecule has 1 heterocycles. The molecule has 4 rings (SSSR count). The Kier molecular flexibility index (Phi) is 7.57. The molecular formula is C25H20I2N2O2S. The molecule has 0 aromatic heterocycles. The highest BCUT2D eigenvalue weighted by Gasteiger charge is 2.24. The molecule has 3 aromatic carbocycles. The highest BCUT2D eigenvalue weighted by atomic mass is 127. The van der Waals surface area contributed by atoms with Crippen molar-refractivity contribution in [2.24, 2.45) is 4.99 Å². The van der Waals surface area contributed by atoms with Gasteiger partial charge in [-0.15, -0.1) is 0 Å². The van der Waals surface area contributed by atoms with Crippen molar-refractivity contribution in [2.45, 2.75) is 20.5 Å². The van der Waals surface area contributed by atoms with Crippen LogP contribution in [-0.4, -0.2) is 11.1 Å². The number of hydrogen-bond acceptors (Lipinski definition) is 4. The fourth-order valence-electron chi connectivity index (χ4n) is 3.29. The summed E-state index contributed by atoms with van der Waals surface area (Å²) in [5.41, 5.74) is 5.22. The van der Waals surface area contributed by atoms with E-state index in [1.165, 1.54) is 11.8 Å². The molecule has 7 heteroatoms. The molecule has 1 N–H and O–H groups in total. The van der Waals surface area contributed by atoms with E-state index < -0.39 is 0 Å². The molecule has 0 bridgehead atoms. The van der Waals surface area contributed by atoms with Gasteiger partial charge in [-0.25, -0.2) is 4.99 Å². The van der Waals surface area contributed by atoms with E-state index in [2.05, 4.69) is 61.6 Å². The van der Waals surface area contributed by atoms with Crippen molar-refractivity contribution >= 4 is 79.8 Å². The smallest absolute Gasteiger partial charge is 0.264 e. The number of benzene rings is 3. The number of amidine groups is 1. The SMILES string of the molecule is Cc1cc(C)cc(N=C2NC(=O)/C(=C/c3cc(I)c(OCc4ccccc4)c(I)c3)S2)c1. The number of hydrogen-bond donors (Lipinski definition) is 1. The van der Waals surface area contributed by atoms with Crippen LogP contribution in [0.25, 0.3) is 6.08 Å². The lowest BCUT2D eigenvalue weighted by atomic mass is 10.1. The number of nitrogens with zero attached hydrogens (tertiary/aromatic N) is 1. The average molecular weight is 666 g/mol. The van der Waals surface area contributed by atoms with Crippen LogP contribution in [0.3, 0.4) is 0 Å². The van der Waals surface area contributed by atoms with Crippen molar-refractivity contribution in [3.63, 3.8) is 0 Å². The summed E-state index contributed by atoms with van der Waals surface area (Å²) in [4.78, 5) is 17.7. The van der Waals surface area contributed by atoms with Crippen molar-refractivity contribution in [2.75, 3.05) is 0 Å². The number of carbonyl (C=O) groups is 1. The predicted molar refractivity (Wildman–Crippen MR) is 149 cm³/mol. The van der Waals surface area contributed by atoms with Gasteiger partial charge in [-0.05, 0) is 123 Å². The van der Waals surface area contributed by atoms with Crippen LogP contribution in [0.2, 0.25) is 0 Å². The molecule has 1 aliphatic rings. The van der Waals surface area contributed by atoms with E-state index in [0.717, 1.165) is 40.8 Å². The second-order valence-corrected chi connectivity index (χ2v) is 10.8. The van der Waals surface area contributed by atoms with Gasteiger partial charge in [-0.1, -0.05) is 36.4 Å². The van der Waals surface area contributed by atoms with E-state index in [1.54, 1.807) is 0 Å². The Morgan fingerprint density at radius 1 is 1.00 bits per heavy atom. The summed E-state index contributed by atoms with van der Waals surface area (Å²) in [5, 5.41) is 3.46. The van der Waals surface area contributed by atoms with E-state index in [0.29, 0.717) is 16.7 Å². The average Bonchev–Trinajstić information content (AvgIpc) is 3.06. The first-order valence-electron chi connectivity index (χ1n) is 9.91. The lowest BCUT2D eigenvalue weighted by Gasteiger charge is -2.11. The molecule has 1 aliphatic heterocycles. The van der Waals surface area contributed by atoms with Gasteiger partial charge in [0, 0.05) is 0 Å². The van der Waals surface area contributed by atoms with E-state index in [9.17, 15) is 4.79 Å². The maximum atomic E-state index is 12.5. The van der Waals surface area contributed by atoms with E-state index >= 15 is 0 Å². The number of aliphatic imine (C=N–C) groups is 1. The van der Waals surface area contributed by atoms with E-state index in [1.807, 2.05) is 74.5 Å². The summed E-state index contributed by atoms with van der Waals surface area (Å²) in [6, 6.07) is 20.3. The zero-order valence-corrected chi connectivity index (χ0v) is 22.6. The van der Waals surface area contributed by atoms with Crippen molar-refractivity contribution in [3.8, 4) is 5.75 Å². The maximum Gasteiger partial charge on any atom is 0.264 e. The summed E-state index contributed by atoms with van der Waals surface area (Å²) < 4.78 is 8.07. The molecule has 0 spiro atoms. The molecule has 0 aliphatic carbocycles. The first-order valence-corrected chi connectivity index (χ1v) is 12.9. The number of thioether (sulfide) groups is 1. The summed E-state index contributed by atoms with van der Waals surface area (Å²) in [7, 11) is 0. The first kappa shape index (κ1) is 23.3. The molecule has 1 saturated heterocycles. The Hall–Kier alpha value is -1.85. The van der Waals surface area contributed by atoms with Crippen LogP contribution in [-0.2, 0) is 11.4 Å². The monoisotopic (exact) mass is 666 g/mol. The standard InChI is InChI=1S/C25H20I2N2O2S/c1-15-8-16(2)10-19(9-15)28-25-29-24(30)22(32-25)13-18-11-20(26)23(21(27)12-18)31-14-17-6-4-3-5-7-17/h3-13H,14H2,1-2H3,(H,28,29,30)/b22-13-. The molecule has 32 heavy (non-hydrogen) atoms. The topological polar surface area (TPSA) is 50.7 Å². The van der Waals surface area contributed by atoms with Crippen molar-refractivity contribution in [1.82, 2.24) is 5.32 Å². The molecule has 162 valence electrons. The molecule has 1 fully saturated rings. The second-order valence-electron chi connectivity index (χ2n) is 7.42. The first-order chi connectivity index (χ1) is 15.4. The van der Waals surface area contributed by atoms with Crippen molar-refractivity contribution in [1.29, 1.82) is 0 Å². The van der Waals surface area contributed by atoms with Crippen LogP contribution >= 0.6 is 56.9 Å². The number of ether oxygens (including phenoxy) is 1. The normalized spacial score (nSPS) is 15.9. The highest BCUT2D eigenvalue weighted by molar-refractivity contribution is 14.1. The van der Waals surface area contributed by atoms with Gasteiger partial charge < -0.3 is 10.1 Å². The zero-order chi connectivity index (χ0) is 22.7. The highest BCUT2D eigenvalue weighted by Crippen LogP contribution is 2.33. The fourth-order valence-corrected chi connectivity index (χ4v) is 6.26.